The van der Waals surface area contributed by atoms with Crippen LogP contribution in [-0.4, -0.2) is 18.3 Å². The fraction of sp³-hybridized carbons (Fsp3) is 0.500. The lowest BCUT2D eigenvalue weighted by molar-refractivity contribution is 0.207. The number of halogens is 1. The summed E-state index contributed by atoms with van der Waals surface area (Å²) in [5.41, 5.74) is 0.976. The molecule has 0 unspecified atom stereocenters. The molecule has 0 aliphatic carbocycles. The maximum absolute atomic E-state index is 13.1. The first-order chi connectivity index (χ1) is 8.48. The van der Waals surface area contributed by atoms with E-state index in [4.69, 9.17) is 10.4 Å². The van der Waals surface area contributed by atoms with Crippen molar-refractivity contribution in [2.45, 2.75) is 26.8 Å². The molecule has 0 aliphatic heterocycles. The lowest BCUT2D eigenvalue weighted by atomic mass is 9.90. The third-order valence-electron chi connectivity index (χ3n) is 2.87. The van der Waals surface area contributed by atoms with Crippen LogP contribution in [0.1, 0.15) is 31.4 Å². The smallest absolute Gasteiger partial charge is 0.140 e. The number of aliphatic hydroxyl groups excluding tert-OH is 1. The summed E-state index contributed by atoms with van der Waals surface area (Å²) in [6.45, 7) is 5.66. The zero-order valence-corrected chi connectivity index (χ0v) is 10.8. The van der Waals surface area contributed by atoms with Crippen LogP contribution >= 0.6 is 0 Å². The summed E-state index contributed by atoms with van der Waals surface area (Å²) in [5.74, 6) is -0.484. The van der Waals surface area contributed by atoms with Crippen LogP contribution < -0.4 is 5.32 Å². The molecule has 0 radical (unpaired) electrons. The Hall–Kier alpha value is -1.44. The van der Waals surface area contributed by atoms with E-state index in [9.17, 15) is 4.39 Å². The summed E-state index contributed by atoms with van der Waals surface area (Å²) in [6, 6.07) is 6.37. The number of aliphatic hydroxyl groups is 1. The number of rotatable bonds is 6. The molecule has 0 aromatic heterocycles. The van der Waals surface area contributed by atoms with E-state index in [0.29, 0.717) is 6.54 Å². The van der Waals surface area contributed by atoms with Gasteiger partial charge in [0.2, 0.25) is 0 Å². The Kier molecular flexibility index (Phi) is 5.26. The van der Waals surface area contributed by atoms with E-state index in [1.807, 2.05) is 6.07 Å². The van der Waals surface area contributed by atoms with Gasteiger partial charge in [0.25, 0.3) is 0 Å². The molecule has 1 aromatic rings. The van der Waals surface area contributed by atoms with E-state index in [1.54, 1.807) is 12.1 Å². The van der Waals surface area contributed by atoms with Gasteiger partial charge >= 0.3 is 0 Å². The Morgan fingerprint density at radius 1 is 1.44 bits per heavy atom. The second kappa shape index (κ2) is 6.48. The van der Waals surface area contributed by atoms with E-state index < -0.39 is 5.82 Å². The minimum atomic E-state index is -0.484. The molecular weight excluding hydrogens is 231 g/mol. The summed E-state index contributed by atoms with van der Waals surface area (Å²) < 4.78 is 13.1. The van der Waals surface area contributed by atoms with Crippen LogP contribution in [0.25, 0.3) is 0 Å². The summed E-state index contributed by atoms with van der Waals surface area (Å²) in [5, 5.41) is 20.9. The van der Waals surface area contributed by atoms with Gasteiger partial charge in [0.05, 0.1) is 5.56 Å². The first-order valence-electron chi connectivity index (χ1n) is 5.98. The summed E-state index contributed by atoms with van der Waals surface area (Å²) in [7, 11) is 0. The van der Waals surface area contributed by atoms with E-state index >= 15 is 0 Å². The number of hydrogen-bond donors (Lipinski definition) is 2. The molecule has 0 saturated heterocycles. The van der Waals surface area contributed by atoms with E-state index in [1.165, 1.54) is 6.07 Å². The highest BCUT2D eigenvalue weighted by Gasteiger charge is 2.16. The molecule has 0 spiro atoms. The number of nitrogens with one attached hydrogen (secondary N) is 1. The Morgan fingerprint density at radius 3 is 2.78 bits per heavy atom. The van der Waals surface area contributed by atoms with Gasteiger partial charge in [-0.25, -0.2) is 4.39 Å². The lowest BCUT2D eigenvalue weighted by Crippen LogP contribution is -2.29. The monoisotopic (exact) mass is 250 g/mol. The number of hydrogen-bond acceptors (Lipinski definition) is 3. The van der Waals surface area contributed by atoms with Crippen molar-refractivity contribution in [2.75, 3.05) is 13.2 Å². The van der Waals surface area contributed by atoms with Gasteiger partial charge in [0.1, 0.15) is 11.9 Å². The molecule has 0 aliphatic rings. The van der Waals surface area contributed by atoms with Crippen molar-refractivity contribution in [1.29, 1.82) is 5.26 Å². The third kappa shape index (κ3) is 4.44. The maximum atomic E-state index is 13.1. The molecule has 1 rings (SSSR count). The molecule has 1 aromatic carbocycles. The highest BCUT2D eigenvalue weighted by molar-refractivity contribution is 5.34. The molecule has 0 saturated carbocycles. The molecule has 2 N–H and O–H groups in total. The third-order valence-corrected chi connectivity index (χ3v) is 2.87. The Balaban J connectivity index is 2.52. The van der Waals surface area contributed by atoms with Crippen molar-refractivity contribution in [2.24, 2.45) is 5.41 Å². The van der Waals surface area contributed by atoms with Crippen molar-refractivity contribution >= 4 is 0 Å². The molecule has 0 bridgehead atoms. The quantitative estimate of drug-likeness (QED) is 0.813. The SMILES string of the molecule is CC(C)(CCO)CNCc1ccc(F)c(C#N)c1. The Bertz CT molecular complexity index is 438. The van der Waals surface area contributed by atoms with Gasteiger partial charge in [0.15, 0.2) is 0 Å². The van der Waals surface area contributed by atoms with Crippen molar-refractivity contribution < 1.29 is 9.50 Å². The van der Waals surface area contributed by atoms with Crippen LogP contribution in [0.2, 0.25) is 0 Å². The highest BCUT2D eigenvalue weighted by Crippen LogP contribution is 2.18. The molecule has 0 fully saturated rings. The van der Waals surface area contributed by atoms with Crippen molar-refractivity contribution in [1.82, 2.24) is 5.32 Å². The van der Waals surface area contributed by atoms with Gasteiger partial charge in [-0.1, -0.05) is 19.9 Å². The number of benzene rings is 1. The molecule has 0 heterocycles. The molecule has 98 valence electrons. The van der Waals surface area contributed by atoms with Gasteiger partial charge in [-0.3, -0.25) is 0 Å². The molecular formula is C14H19FN2O. The van der Waals surface area contributed by atoms with Crippen LogP contribution in [0.15, 0.2) is 18.2 Å². The Labute approximate surface area is 107 Å². The van der Waals surface area contributed by atoms with Crippen LogP contribution in [0.5, 0.6) is 0 Å². The zero-order chi connectivity index (χ0) is 13.6. The fourth-order valence-electron chi connectivity index (χ4n) is 1.70. The normalized spacial score (nSPS) is 11.3. The average molecular weight is 250 g/mol. The second-order valence-electron chi connectivity index (χ2n) is 5.17. The van der Waals surface area contributed by atoms with Gasteiger partial charge in [0, 0.05) is 19.7 Å². The predicted octanol–water partition coefficient (Wildman–Crippen LogP) is 2.20. The molecule has 3 nitrogen and oxygen atoms in total. The fourth-order valence-corrected chi connectivity index (χ4v) is 1.70. The molecule has 0 amide bonds. The van der Waals surface area contributed by atoms with Gasteiger partial charge in [-0.05, 0) is 29.5 Å². The van der Waals surface area contributed by atoms with E-state index in [-0.39, 0.29) is 17.6 Å². The Morgan fingerprint density at radius 2 is 2.17 bits per heavy atom. The lowest BCUT2D eigenvalue weighted by Gasteiger charge is -2.24. The van der Waals surface area contributed by atoms with Crippen LogP contribution in [0, 0.1) is 22.6 Å². The van der Waals surface area contributed by atoms with E-state index in [2.05, 4.69) is 19.2 Å². The topological polar surface area (TPSA) is 56.0 Å². The minimum absolute atomic E-state index is 0.0207. The summed E-state index contributed by atoms with van der Waals surface area (Å²) in [6.07, 6.45) is 0.729. The van der Waals surface area contributed by atoms with Gasteiger partial charge in [-0.15, -0.1) is 0 Å². The number of nitrogens with zero attached hydrogens (tertiary/aromatic N) is 1. The predicted molar refractivity (Wildman–Crippen MR) is 68.3 cm³/mol. The van der Waals surface area contributed by atoms with E-state index in [0.717, 1.165) is 18.5 Å². The largest absolute Gasteiger partial charge is 0.396 e. The molecule has 4 heteroatoms. The minimum Gasteiger partial charge on any atom is -0.396 e. The highest BCUT2D eigenvalue weighted by atomic mass is 19.1. The van der Waals surface area contributed by atoms with Crippen LogP contribution in [0.4, 0.5) is 4.39 Å². The zero-order valence-electron chi connectivity index (χ0n) is 10.8. The summed E-state index contributed by atoms with van der Waals surface area (Å²) >= 11 is 0. The van der Waals surface area contributed by atoms with Crippen LogP contribution in [0.3, 0.4) is 0 Å². The molecule has 0 atom stereocenters. The van der Waals surface area contributed by atoms with Crippen molar-refractivity contribution in [3.05, 3.63) is 35.1 Å². The maximum Gasteiger partial charge on any atom is 0.140 e. The molecule has 18 heavy (non-hydrogen) atoms. The number of nitriles is 1. The van der Waals surface area contributed by atoms with Crippen molar-refractivity contribution in [3.63, 3.8) is 0 Å². The average Bonchev–Trinajstić information content (AvgIpc) is 2.31. The van der Waals surface area contributed by atoms with Crippen molar-refractivity contribution in [3.8, 4) is 6.07 Å². The summed E-state index contributed by atoms with van der Waals surface area (Å²) in [4.78, 5) is 0. The first kappa shape index (κ1) is 14.6. The standard InChI is InChI=1S/C14H19FN2O/c1-14(2,5-6-18)10-17-9-11-3-4-13(15)12(7-11)8-16/h3-4,7,17-18H,5-6,9-10H2,1-2H3. The van der Waals surface area contributed by atoms with Gasteiger partial charge in [-0.2, -0.15) is 5.26 Å². The van der Waals surface area contributed by atoms with Crippen LogP contribution in [-0.2, 0) is 6.54 Å². The van der Waals surface area contributed by atoms with Gasteiger partial charge < -0.3 is 10.4 Å². The first-order valence-corrected chi connectivity index (χ1v) is 5.98. The second-order valence-corrected chi connectivity index (χ2v) is 5.17.